The molecule has 3 N–H and O–H groups in total. The number of carboxylic acids is 1. The first-order valence-electron chi connectivity index (χ1n) is 13.7. The van der Waals surface area contributed by atoms with Crippen molar-refractivity contribution in [2.45, 2.75) is 33.7 Å². The van der Waals surface area contributed by atoms with E-state index in [1.165, 1.54) is 4.31 Å². The summed E-state index contributed by atoms with van der Waals surface area (Å²) in [6, 6.07) is 13.4. The average Bonchev–Trinajstić information content (AvgIpc) is 2.96. The molecule has 0 saturated carbocycles. The van der Waals surface area contributed by atoms with Crippen molar-refractivity contribution < 1.29 is 27.9 Å². The Hall–Kier alpha value is -4.10. The van der Waals surface area contributed by atoms with Gasteiger partial charge < -0.3 is 20.1 Å². The van der Waals surface area contributed by atoms with E-state index >= 15 is 0 Å². The molecule has 0 aliphatic carbocycles. The van der Waals surface area contributed by atoms with E-state index in [1.54, 1.807) is 32.0 Å². The van der Waals surface area contributed by atoms with Crippen LogP contribution in [0.4, 0.5) is 5.69 Å². The molecule has 0 bridgehead atoms. The molecule has 224 valence electrons. The van der Waals surface area contributed by atoms with Crippen LogP contribution in [0.25, 0.3) is 0 Å². The van der Waals surface area contributed by atoms with Gasteiger partial charge in [-0.1, -0.05) is 39.5 Å². The van der Waals surface area contributed by atoms with Crippen molar-refractivity contribution in [3.63, 3.8) is 0 Å². The summed E-state index contributed by atoms with van der Waals surface area (Å²) >= 11 is 0. The zero-order chi connectivity index (χ0) is 30.9. The van der Waals surface area contributed by atoms with Crippen LogP contribution >= 0.6 is 0 Å². The molecule has 1 amide bonds. The molecule has 1 fully saturated rings. The molecule has 0 unspecified atom stereocenters. The highest BCUT2D eigenvalue weighted by Gasteiger charge is 2.33. The molecule has 1 saturated heterocycles. The molecule has 12 heteroatoms. The zero-order valence-electron chi connectivity index (χ0n) is 24.3. The summed E-state index contributed by atoms with van der Waals surface area (Å²) in [6.07, 6.45) is 0. The number of carbonyl (C=O) groups excluding carboxylic acids is 1. The van der Waals surface area contributed by atoms with Crippen LogP contribution in [0.1, 0.15) is 49.2 Å². The number of aliphatic carboxylic acids is 1. The number of nitrogens with zero attached hydrogens (tertiary/aromatic N) is 3. The first kappa shape index (κ1) is 32.4. The van der Waals surface area contributed by atoms with Crippen molar-refractivity contribution in [2.24, 2.45) is 11.8 Å². The number of carbonyl (C=O) groups is 2. The quantitative estimate of drug-likeness (QED) is 0.265. The molecule has 1 aliphatic rings. The first-order valence-corrected chi connectivity index (χ1v) is 15.1. The van der Waals surface area contributed by atoms with Gasteiger partial charge in [-0.25, -0.2) is 0 Å². The lowest BCUT2D eigenvalue weighted by molar-refractivity contribution is -0.140. The Balaban J connectivity index is 1.66. The Bertz CT molecular complexity index is 1460. The fourth-order valence-electron chi connectivity index (χ4n) is 4.18. The van der Waals surface area contributed by atoms with E-state index in [2.05, 4.69) is 26.8 Å². The minimum Gasteiger partial charge on any atom is -0.492 e. The Morgan fingerprint density at radius 2 is 1.62 bits per heavy atom. The number of benzene rings is 2. The molecule has 0 radical (unpaired) electrons. The minimum atomic E-state index is -3.93. The summed E-state index contributed by atoms with van der Waals surface area (Å²) in [6.45, 7) is 9.01. The minimum absolute atomic E-state index is 0.115. The number of piperazine rings is 1. The third-order valence-electron chi connectivity index (χ3n) is 6.50. The Kier molecular flexibility index (Phi) is 11.3. The summed E-state index contributed by atoms with van der Waals surface area (Å²) in [5.41, 5.74) is 2.60. The Labute approximate surface area is 247 Å². The summed E-state index contributed by atoms with van der Waals surface area (Å²) < 4.78 is 34.8. The van der Waals surface area contributed by atoms with Gasteiger partial charge in [0.15, 0.2) is 0 Å². The van der Waals surface area contributed by atoms with E-state index in [0.717, 1.165) is 11.3 Å². The second-order valence-electron chi connectivity index (χ2n) is 10.6. The van der Waals surface area contributed by atoms with Crippen LogP contribution in [0.3, 0.4) is 0 Å². The van der Waals surface area contributed by atoms with Crippen LogP contribution < -0.4 is 19.7 Å². The SMILES string of the molecule is CC(C)COc1ccc(C#Cc2ccc(N3CCN(S(=O)(=O)N[C@@H](C(=O)O)C(C)C)CC3)cc2)cc1C(=O)NCC#N. The third-order valence-corrected chi connectivity index (χ3v) is 8.09. The lowest BCUT2D eigenvalue weighted by Gasteiger charge is -2.36. The van der Waals surface area contributed by atoms with Gasteiger partial charge in [0.2, 0.25) is 0 Å². The second kappa shape index (κ2) is 14.7. The summed E-state index contributed by atoms with van der Waals surface area (Å²) in [7, 11) is -3.93. The molecule has 1 aliphatic heterocycles. The number of rotatable bonds is 11. The average molecular weight is 596 g/mol. The van der Waals surface area contributed by atoms with Crippen molar-refractivity contribution in [1.82, 2.24) is 14.3 Å². The second-order valence-corrected chi connectivity index (χ2v) is 12.3. The fourth-order valence-corrected chi connectivity index (χ4v) is 5.66. The predicted octanol–water partition coefficient (Wildman–Crippen LogP) is 2.44. The van der Waals surface area contributed by atoms with Crippen molar-refractivity contribution in [2.75, 3.05) is 44.2 Å². The maximum absolute atomic E-state index is 12.7. The monoisotopic (exact) mass is 595 g/mol. The van der Waals surface area contributed by atoms with Gasteiger partial charge in [-0.2, -0.15) is 22.7 Å². The van der Waals surface area contributed by atoms with Crippen LogP contribution in [0, 0.1) is 35.0 Å². The normalized spacial score (nSPS) is 14.5. The molecular formula is C30H37N5O6S. The number of hydrogen-bond donors (Lipinski definition) is 3. The highest BCUT2D eigenvalue weighted by molar-refractivity contribution is 7.87. The zero-order valence-corrected chi connectivity index (χ0v) is 25.1. The molecule has 0 aromatic heterocycles. The van der Waals surface area contributed by atoms with E-state index in [9.17, 15) is 23.1 Å². The molecule has 0 spiro atoms. The smallest absolute Gasteiger partial charge is 0.322 e. The van der Waals surface area contributed by atoms with E-state index in [1.807, 2.05) is 44.2 Å². The van der Waals surface area contributed by atoms with Gasteiger partial charge >= 0.3 is 5.97 Å². The van der Waals surface area contributed by atoms with Crippen LogP contribution in [-0.4, -0.2) is 75.1 Å². The van der Waals surface area contributed by atoms with Crippen LogP contribution in [-0.2, 0) is 15.0 Å². The van der Waals surface area contributed by atoms with Gasteiger partial charge in [0.05, 0.1) is 18.2 Å². The lowest BCUT2D eigenvalue weighted by atomic mass is 10.1. The third kappa shape index (κ3) is 8.95. The van der Waals surface area contributed by atoms with Gasteiger partial charge in [-0.15, -0.1) is 0 Å². The molecule has 11 nitrogen and oxygen atoms in total. The van der Waals surface area contributed by atoms with Gasteiger partial charge in [0.1, 0.15) is 18.3 Å². The highest BCUT2D eigenvalue weighted by atomic mass is 32.2. The van der Waals surface area contributed by atoms with Gasteiger partial charge in [-0.3, -0.25) is 9.59 Å². The largest absolute Gasteiger partial charge is 0.492 e. The molecule has 2 aromatic carbocycles. The molecule has 1 heterocycles. The van der Waals surface area contributed by atoms with Crippen molar-refractivity contribution in [3.05, 3.63) is 59.2 Å². The standard InChI is InChI=1S/C30H37N5O6S/c1-21(2)20-41-27-12-9-24(19-26(27)29(36)32-14-13-31)6-5-23-7-10-25(11-8-23)34-15-17-35(18-16-34)42(39,40)33-28(22(3)4)30(37)38/h7-12,19,21-22,28,33H,14-18,20H2,1-4H3,(H,32,36)(H,37,38)/t28-/m1/s1. The number of ether oxygens (including phenoxy) is 1. The topological polar surface area (TPSA) is 152 Å². The molecule has 2 aromatic rings. The summed E-state index contributed by atoms with van der Waals surface area (Å²) in [4.78, 5) is 26.1. The molecular weight excluding hydrogens is 558 g/mol. The first-order chi connectivity index (χ1) is 19.9. The Morgan fingerprint density at radius 1 is 1.00 bits per heavy atom. The van der Waals surface area contributed by atoms with Gasteiger partial charge in [-0.05, 0) is 54.3 Å². The Morgan fingerprint density at radius 3 is 2.19 bits per heavy atom. The lowest BCUT2D eigenvalue weighted by Crippen LogP contribution is -2.55. The number of amides is 1. The van der Waals surface area contributed by atoms with E-state index in [0.29, 0.717) is 36.6 Å². The predicted molar refractivity (Wildman–Crippen MR) is 159 cm³/mol. The fraction of sp³-hybridized carbons (Fsp3) is 0.433. The van der Waals surface area contributed by atoms with E-state index < -0.39 is 28.1 Å². The summed E-state index contributed by atoms with van der Waals surface area (Å²) in [5.74, 6) is 4.87. The number of hydrogen-bond acceptors (Lipinski definition) is 7. The van der Waals surface area contributed by atoms with Crippen LogP contribution in [0.5, 0.6) is 5.75 Å². The molecule has 42 heavy (non-hydrogen) atoms. The number of anilines is 1. The van der Waals surface area contributed by atoms with Crippen molar-refractivity contribution in [1.29, 1.82) is 5.26 Å². The van der Waals surface area contributed by atoms with Gasteiger partial charge in [0.25, 0.3) is 16.1 Å². The highest BCUT2D eigenvalue weighted by Crippen LogP contribution is 2.22. The maximum Gasteiger partial charge on any atom is 0.322 e. The molecule has 3 rings (SSSR count). The van der Waals surface area contributed by atoms with E-state index in [-0.39, 0.29) is 31.5 Å². The van der Waals surface area contributed by atoms with Crippen LogP contribution in [0.15, 0.2) is 42.5 Å². The van der Waals surface area contributed by atoms with Gasteiger partial charge in [0, 0.05) is 43.0 Å². The summed E-state index contributed by atoms with van der Waals surface area (Å²) in [5, 5.41) is 20.7. The van der Waals surface area contributed by atoms with Crippen LogP contribution in [0.2, 0.25) is 0 Å². The number of carboxylic acid groups (broad SMARTS) is 1. The maximum atomic E-state index is 12.7. The van der Waals surface area contributed by atoms with Crippen molar-refractivity contribution >= 4 is 27.8 Å². The van der Waals surface area contributed by atoms with E-state index in [4.69, 9.17) is 10.00 Å². The number of nitrogens with one attached hydrogen (secondary N) is 2. The number of nitriles is 1. The van der Waals surface area contributed by atoms with Crippen molar-refractivity contribution in [3.8, 4) is 23.7 Å². The molecule has 1 atom stereocenters.